The Morgan fingerprint density at radius 3 is 2.62 bits per heavy atom. The van der Waals surface area contributed by atoms with Gasteiger partial charge in [0.15, 0.2) is 0 Å². The van der Waals surface area contributed by atoms with Gasteiger partial charge in [0.05, 0.1) is 6.61 Å². The van der Waals surface area contributed by atoms with Gasteiger partial charge in [-0.25, -0.2) is 0 Å². The molecule has 1 aromatic carbocycles. The number of methoxy groups -OCH3 is 1. The summed E-state index contributed by atoms with van der Waals surface area (Å²) in [7, 11) is 3.93. The Balaban J connectivity index is 2.13. The van der Waals surface area contributed by atoms with Crippen LogP contribution >= 0.6 is 0 Å². The van der Waals surface area contributed by atoms with Crippen molar-refractivity contribution in [3.05, 3.63) is 35.4 Å². The molecular weight excluding hydrogens is 262 g/mol. The Morgan fingerprint density at radius 2 is 2.00 bits per heavy atom. The van der Waals surface area contributed by atoms with Crippen molar-refractivity contribution < 1.29 is 4.74 Å². The van der Waals surface area contributed by atoms with Crippen LogP contribution in [0.25, 0.3) is 0 Å². The fourth-order valence-corrected chi connectivity index (χ4v) is 3.32. The third-order valence-corrected chi connectivity index (χ3v) is 4.40. The lowest BCUT2D eigenvalue weighted by Gasteiger charge is -2.35. The van der Waals surface area contributed by atoms with Gasteiger partial charge in [-0.05, 0) is 38.1 Å². The number of rotatable bonds is 5. The van der Waals surface area contributed by atoms with E-state index in [1.54, 1.807) is 7.11 Å². The van der Waals surface area contributed by atoms with Crippen molar-refractivity contribution in [1.29, 1.82) is 0 Å². The summed E-state index contributed by atoms with van der Waals surface area (Å²) in [5.41, 5.74) is 8.62. The second kappa shape index (κ2) is 7.90. The molecule has 21 heavy (non-hydrogen) atoms. The van der Waals surface area contributed by atoms with E-state index in [1.807, 2.05) is 0 Å². The maximum atomic E-state index is 6.10. The SMILES string of the molecule is COCc1ccc(C(CN)N2CCCN(C)CC2C)cc1. The molecule has 0 aromatic heterocycles. The van der Waals surface area contributed by atoms with Crippen molar-refractivity contribution in [2.24, 2.45) is 5.73 Å². The molecule has 0 saturated carbocycles. The summed E-state index contributed by atoms with van der Waals surface area (Å²) in [5, 5.41) is 0. The predicted octanol–water partition coefficient (Wildman–Crippen LogP) is 1.86. The van der Waals surface area contributed by atoms with Crippen LogP contribution in [-0.2, 0) is 11.3 Å². The Bertz CT molecular complexity index is 421. The molecule has 1 aliphatic rings. The molecule has 1 saturated heterocycles. The molecule has 4 nitrogen and oxygen atoms in total. The van der Waals surface area contributed by atoms with E-state index >= 15 is 0 Å². The second-order valence-electron chi connectivity index (χ2n) is 6.13. The molecule has 1 fully saturated rings. The van der Waals surface area contributed by atoms with Gasteiger partial charge >= 0.3 is 0 Å². The molecule has 118 valence electrons. The smallest absolute Gasteiger partial charge is 0.0713 e. The van der Waals surface area contributed by atoms with Crippen LogP contribution in [0.2, 0.25) is 0 Å². The zero-order valence-electron chi connectivity index (χ0n) is 13.6. The summed E-state index contributed by atoms with van der Waals surface area (Å²) in [6.45, 7) is 7.04. The largest absolute Gasteiger partial charge is 0.380 e. The van der Waals surface area contributed by atoms with Crippen LogP contribution in [0.15, 0.2) is 24.3 Å². The lowest BCUT2D eigenvalue weighted by Crippen LogP contribution is -2.42. The van der Waals surface area contributed by atoms with Gasteiger partial charge in [-0.2, -0.15) is 0 Å². The standard InChI is InChI=1S/C17H29N3O/c1-14-12-19(2)9-4-10-20(14)17(11-18)16-7-5-15(6-8-16)13-21-3/h5-8,14,17H,4,9-13,18H2,1-3H3. The van der Waals surface area contributed by atoms with Crippen LogP contribution in [0.1, 0.15) is 30.5 Å². The van der Waals surface area contributed by atoms with Gasteiger partial charge in [-0.3, -0.25) is 4.90 Å². The Labute approximate surface area is 128 Å². The first kappa shape index (κ1) is 16.4. The maximum Gasteiger partial charge on any atom is 0.0713 e. The minimum absolute atomic E-state index is 0.308. The van der Waals surface area contributed by atoms with Gasteiger partial charge in [0, 0.05) is 38.8 Å². The number of nitrogens with zero attached hydrogens (tertiary/aromatic N) is 2. The Kier molecular flexibility index (Phi) is 6.18. The fraction of sp³-hybridized carbons (Fsp3) is 0.647. The van der Waals surface area contributed by atoms with Crippen molar-refractivity contribution in [2.75, 3.05) is 40.3 Å². The lowest BCUT2D eigenvalue weighted by molar-refractivity contribution is 0.146. The number of ether oxygens (including phenoxy) is 1. The summed E-state index contributed by atoms with van der Waals surface area (Å²) >= 11 is 0. The highest BCUT2D eigenvalue weighted by molar-refractivity contribution is 5.25. The van der Waals surface area contributed by atoms with E-state index in [0.29, 0.717) is 25.2 Å². The van der Waals surface area contributed by atoms with Gasteiger partial charge in [0.1, 0.15) is 0 Å². The normalized spacial score (nSPS) is 23.0. The first-order valence-electron chi connectivity index (χ1n) is 7.87. The summed E-state index contributed by atoms with van der Waals surface area (Å²) in [5.74, 6) is 0. The van der Waals surface area contributed by atoms with Gasteiger partial charge in [-0.1, -0.05) is 24.3 Å². The van der Waals surface area contributed by atoms with Crippen LogP contribution in [0.3, 0.4) is 0 Å². The highest BCUT2D eigenvalue weighted by atomic mass is 16.5. The molecule has 2 N–H and O–H groups in total. The summed E-state index contributed by atoms with van der Waals surface area (Å²) < 4.78 is 5.18. The molecule has 1 aromatic rings. The Hall–Kier alpha value is -0.940. The third-order valence-electron chi connectivity index (χ3n) is 4.40. The minimum Gasteiger partial charge on any atom is -0.380 e. The predicted molar refractivity (Wildman–Crippen MR) is 87.2 cm³/mol. The first-order chi connectivity index (χ1) is 10.2. The average Bonchev–Trinajstić information content (AvgIpc) is 2.63. The summed E-state index contributed by atoms with van der Waals surface area (Å²) in [6.07, 6.45) is 1.21. The molecule has 1 aliphatic heterocycles. The maximum absolute atomic E-state index is 6.10. The molecule has 4 heteroatoms. The van der Waals surface area contributed by atoms with Crippen molar-refractivity contribution in [3.8, 4) is 0 Å². The topological polar surface area (TPSA) is 41.7 Å². The van der Waals surface area contributed by atoms with Crippen LogP contribution in [0.5, 0.6) is 0 Å². The summed E-state index contributed by atoms with van der Waals surface area (Å²) in [6, 6.07) is 9.54. The Morgan fingerprint density at radius 1 is 1.29 bits per heavy atom. The summed E-state index contributed by atoms with van der Waals surface area (Å²) in [4.78, 5) is 4.98. The van der Waals surface area contributed by atoms with E-state index in [2.05, 4.69) is 48.0 Å². The number of nitrogens with two attached hydrogens (primary N) is 1. The van der Waals surface area contributed by atoms with Crippen LogP contribution in [0.4, 0.5) is 0 Å². The molecule has 0 bridgehead atoms. The fourth-order valence-electron chi connectivity index (χ4n) is 3.32. The molecule has 0 aliphatic carbocycles. The molecular formula is C17H29N3O. The van der Waals surface area contributed by atoms with Crippen molar-refractivity contribution in [3.63, 3.8) is 0 Å². The van der Waals surface area contributed by atoms with Crippen molar-refractivity contribution in [2.45, 2.75) is 32.0 Å². The molecule has 0 spiro atoms. The van der Waals surface area contributed by atoms with Crippen LogP contribution in [0, 0.1) is 0 Å². The van der Waals surface area contributed by atoms with Gasteiger partial charge in [0.2, 0.25) is 0 Å². The zero-order chi connectivity index (χ0) is 15.2. The van der Waals surface area contributed by atoms with Crippen LogP contribution < -0.4 is 5.73 Å². The zero-order valence-corrected chi connectivity index (χ0v) is 13.6. The van der Waals surface area contributed by atoms with Crippen LogP contribution in [-0.4, -0.2) is 56.2 Å². The minimum atomic E-state index is 0.308. The highest BCUT2D eigenvalue weighted by Gasteiger charge is 2.26. The monoisotopic (exact) mass is 291 g/mol. The van der Waals surface area contributed by atoms with Crippen molar-refractivity contribution >= 4 is 0 Å². The van der Waals surface area contributed by atoms with Gasteiger partial charge < -0.3 is 15.4 Å². The molecule has 0 amide bonds. The first-order valence-corrected chi connectivity index (χ1v) is 7.87. The quantitative estimate of drug-likeness (QED) is 0.899. The molecule has 2 unspecified atom stereocenters. The van der Waals surface area contributed by atoms with E-state index < -0.39 is 0 Å². The van der Waals surface area contributed by atoms with E-state index in [-0.39, 0.29) is 0 Å². The van der Waals surface area contributed by atoms with E-state index in [1.165, 1.54) is 24.1 Å². The van der Waals surface area contributed by atoms with Gasteiger partial charge in [0.25, 0.3) is 0 Å². The highest BCUT2D eigenvalue weighted by Crippen LogP contribution is 2.24. The van der Waals surface area contributed by atoms with E-state index in [0.717, 1.165) is 13.1 Å². The lowest BCUT2D eigenvalue weighted by atomic mass is 10.0. The molecule has 2 rings (SSSR count). The molecule has 0 radical (unpaired) electrons. The number of hydrogen-bond donors (Lipinski definition) is 1. The number of likely N-dealkylation sites (N-methyl/N-ethyl adjacent to an activating group) is 1. The third kappa shape index (κ3) is 4.27. The van der Waals surface area contributed by atoms with Crippen molar-refractivity contribution in [1.82, 2.24) is 9.80 Å². The number of hydrogen-bond acceptors (Lipinski definition) is 4. The van der Waals surface area contributed by atoms with Gasteiger partial charge in [-0.15, -0.1) is 0 Å². The molecule has 2 atom stereocenters. The second-order valence-corrected chi connectivity index (χ2v) is 6.13. The average molecular weight is 291 g/mol. The van der Waals surface area contributed by atoms with E-state index in [4.69, 9.17) is 10.5 Å². The van der Waals surface area contributed by atoms with E-state index in [9.17, 15) is 0 Å². The molecule has 1 heterocycles. The number of benzene rings is 1.